The van der Waals surface area contributed by atoms with E-state index in [-0.39, 0.29) is 11.7 Å². The fraction of sp³-hybridized carbons (Fsp3) is 0.286. The predicted octanol–water partition coefficient (Wildman–Crippen LogP) is 3.30. The van der Waals surface area contributed by atoms with E-state index in [9.17, 15) is 13.6 Å². The van der Waals surface area contributed by atoms with Crippen molar-refractivity contribution >= 4 is 29.0 Å². The van der Waals surface area contributed by atoms with Crippen molar-refractivity contribution in [3.63, 3.8) is 0 Å². The first-order valence-corrected chi connectivity index (χ1v) is 10.3. The zero-order valence-electron chi connectivity index (χ0n) is 16.7. The molecule has 1 spiro atoms. The first-order valence-electron chi connectivity index (χ1n) is 9.93. The molecule has 1 aromatic carbocycles. The van der Waals surface area contributed by atoms with Crippen LogP contribution in [0.5, 0.6) is 5.75 Å². The number of carbonyl (C=O) groups is 1. The second-order valence-electron chi connectivity index (χ2n) is 8.05. The van der Waals surface area contributed by atoms with Gasteiger partial charge in [0.25, 0.3) is 5.91 Å². The fourth-order valence-electron chi connectivity index (χ4n) is 4.00. The van der Waals surface area contributed by atoms with Crippen molar-refractivity contribution in [2.75, 3.05) is 36.4 Å². The van der Waals surface area contributed by atoms with Gasteiger partial charge in [0.1, 0.15) is 11.6 Å². The lowest BCUT2D eigenvalue weighted by molar-refractivity contribution is -0.0964. The summed E-state index contributed by atoms with van der Waals surface area (Å²) >= 11 is 4.76. The van der Waals surface area contributed by atoms with Gasteiger partial charge in [-0.15, -0.1) is 8.78 Å². The molecule has 2 fully saturated rings. The molecule has 5 rings (SSSR count). The van der Waals surface area contributed by atoms with E-state index in [4.69, 9.17) is 11.6 Å². The maximum absolute atomic E-state index is 12.8. The van der Waals surface area contributed by atoms with Crippen molar-refractivity contribution in [1.82, 2.24) is 20.5 Å². The van der Waals surface area contributed by atoms with Crippen LogP contribution in [0.2, 0.25) is 0 Å². The minimum atomic E-state index is -3.80. The van der Waals surface area contributed by atoms with Gasteiger partial charge in [0.05, 0.1) is 11.3 Å². The highest BCUT2D eigenvalue weighted by Gasteiger charge is 2.48. The topological polar surface area (TPSA) is 95.2 Å². The smallest absolute Gasteiger partial charge is 0.420 e. The van der Waals surface area contributed by atoms with Gasteiger partial charge < -0.3 is 20.3 Å². The SMILES string of the molecule is O=C(Nc1ccc(OC(F)(F)Cl)cc1)c1cnc(N2CC3(CNC3)C2)c(-c2ccn[nH]2)c1. The molecule has 2 aliphatic rings. The van der Waals surface area contributed by atoms with Crippen molar-refractivity contribution in [2.45, 2.75) is 5.57 Å². The molecule has 3 aromatic rings. The van der Waals surface area contributed by atoms with Crippen LogP contribution in [0.25, 0.3) is 11.3 Å². The molecular formula is C21H19ClF2N6O2. The Balaban J connectivity index is 1.34. The van der Waals surface area contributed by atoms with Crippen LogP contribution in [-0.2, 0) is 0 Å². The van der Waals surface area contributed by atoms with E-state index >= 15 is 0 Å². The number of benzene rings is 1. The fourth-order valence-corrected chi connectivity index (χ4v) is 4.09. The summed E-state index contributed by atoms with van der Waals surface area (Å²) in [6, 6.07) is 9.06. The molecular weight excluding hydrogens is 442 g/mol. The summed E-state index contributed by atoms with van der Waals surface area (Å²) in [4.78, 5) is 19.6. The number of rotatable bonds is 6. The lowest BCUT2D eigenvalue weighted by atomic mass is 9.74. The van der Waals surface area contributed by atoms with Gasteiger partial charge in [-0.3, -0.25) is 9.89 Å². The molecule has 8 nitrogen and oxygen atoms in total. The van der Waals surface area contributed by atoms with E-state index in [1.165, 1.54) is 30.5 Å². The number of pyridine rings is 1. The zero-order chi connectivity index (χ0) is 22.3. The summed E-state index contributed by atoms with van der Waals surface area (Å²) in [6.45, 7) is 3.84. The van der Waals surface area contributed by atoms with E-state index in [0.717, 1.165) is 43.3 Å². The van der Waals surface area contributed by atoms with Crippen molar-refractivity contribution in [3.8, 4) is 17.0 Å². The number of amides is 1. The normalized spacial score (nSPS) is 16.9. The average molecular weight is 461 g/mol. The van der Waals surface area contributed by atoms with E-state index in [2.05, 4.69) is 35.5 Å². The molecule has 0 aliphatic carbocycles. The number of halogens is 3. The number of aromatic nitrogens is 3. The number of nitrogens with zero attached hydrogens (tertiary/aromatic N) is 3. The second kappa shape index (κ2) is 7.72. The van der Waals surface area contributed by atoms with Gasteiger partial charge >= 0.3 is 5.57 Å². The number of hydrogen-bond donors (Lipinski definition) is 3. The number of nitrogens with one attached hydrogen (secondary N) is 3. The molecule has 2 aromatic heterocycles. The monoisotopic (exact) mass is 460 g/mol. The van der Waals surface area contributed by atoms with Gasteiger partial charge in [-0.1, -0.05) is 0 Å². The van der Waals surface area contributed by atoms with Gasteiger partial charge in [0, 0.05) is 66.8 Å². The Labute approximate surface area is 186 Å². The van der Waals surface area contributed by atoms with Crippen LogP contribution in [0.1, 0.15) is 10.4 Å². The van der Waals surface area contributed by atoms with E-state index in [0.29, 0.717) is 16.7 Å². The Hall–Kier alpha value is -3.24. The Kier molecular flexibility index (Phi) is 4.98. The summed E-state index contributed by atoms with van der Waals surface area (Å²) in [7, 11) is 0. The number of carbonyl (C=O) groups excluding carboxylic acids is 1. The Bertz CT molecular complexity index is 1120. The quantitative estimate of drug-likeness (QED) is 0.489. The number of alkyl halides is 3. The molecule has 0 radical (unpaired) electrons. The molecule has 166 valence electrons. The largest absolute Gasteiger partial charge is 0.487 e. The van der Waals surface area contributed by atoms with Crippen LogP contribution in [0.3, 0.4) is 0 Å². The Morgan fingerprint density at radius 3 is 2.56 bits per heavy atom. The van der Waals surface area contributed by atoms with Crippen LogP contribution < -0.4 is 20.3 Å². The maximum Gasteiger partial charge on any atom is 0.487 e. The predicted molar refractivity (Wildman–Crippen MR) is 115 cm³/mol. The third kappa shape index (κ3) is 4.11. The lowest BCUT2D eigenvalue weighted by Gasteiger charge is -2.56. The minimum absolute atomic E-state index is 0.121. The highest BCUT2D eigenvalue weighted by atomic mass is 35.5. The van der Waals surface area contributed by atoms with E-state index in [1.807, 2.05) is 6.07 Å². The summed E-state index contributed by atoms with van der Waals surface area (Å²) in [5, 5.41) is 13.0. The molecule has 0 atom stereocenters. The lowest BCUT2D eigenvalue weighted by Crippen LogP contribution is -2.71. The standard InChI is InChI=1S/C21H19ClF2N6O2/c22-21(23,24)32-15-3-1-14(2-4-15)28-19(31)13-7-16(17-5-6-27-29-17)18(26-8-13)30-11-20(12-30)9-25-10-20/h1-8,25H,9-12H2,(H,27,29)(H,28,31). The van der Waals surface area contributed by atoms with Crippen molar-refractivity contribution in [3.05, 3.63) is 54.4 Å². The molecule has 4 heterocycles. The number of anilines is 2. The molecule has 1 amide bonds. The Morgan fingerprint density at radius 2 is 1.97 bits per heavy atom. The average Bonchev–Trinajstić information content (AvgIpc) is 3.21. The summed E-state index contributed by atoms with van der Waals surface area (Å²) < 4.78 is 29.7. The van der Waals surface area contributed by atoms with Crippen molar-refractivity contribution < 1.29 is 18.3 Å². The molecule has 0 bridgehead atoms. The second-order valence-corrected chi connectivity index (χ2v) is 8.49. The van der Waals surface area contributed by atoms with Crippen LogP contribution in [0.4, 0.5) is 20.3 Å². The van der Waals surface area contributed by atoms with Crippen LogP contribution in [0, 0.1) is 5.41 Å². The van der Waals surface area contributed by atoms with Crippen LogP contribution in [0.15, 0.2) is 48.8 Å². The van der Waals surface area contributed by atoms with Crippen molar-refractivity contribution in [1.29, 1.82) is 0 Å². The summed E-state index contributed by atoms with van der Waals surface area (Å²) in [5.41, 5.74) is -1.16. The highest BCUT2D eigenvalue weighted by Crippen LogP contribution is 2.40. The van der Waals surface area contributed by atoms with Gasteiger partial charge in [-0.25, -0.2) is 4.98 Å². The molecule has 0 saturated carbocycles. The van der Waals surface area contributed by atoms with Crippen LogP contribution >= 0.6 is 11.6 Å². The van der Waals surface area contributed by atoms with Gasteiger partial charge in [-0.05, 0) is 36.4 Å². The molecule has 2 aliphatic heterocycles. The van der Waals surface area contributed by atoms with Gasteiger partial charge in [0.15, 0.2) is 0 Å². The van der Waals surface area contributed by atoms with Gasteiger partial charge in [-0.2, -0.15) is 5.10 Å². The highest BCUT2D eigenvalue weighted by molar-refractivity contribution is 6.20. The molecule has 2 saturated heterocycles. The van der Waals surface area contributed by atoms with Gasteiger partial charge in [0.2, 0.25) is 0 Å². The number of hydrogen-bond acceptors (Lipinski definition) is 6. The number of ether oxygens (including phenoxy) is 1. The minimum Gasteiger partial charge on any atom is -0.420 e. The number of H-pyrrole nitrogens is 1. The first kappa shape index (κ1) is 20.7. The molecule has 32 heavy (non-hydrogen) atoms. The number of aromatic amines is 1. The first-order chi connectivity index (χ1) is 15.3. The molecule has 3 N–H and O–H groups in total. The van der Waals surface area contributed by atoms with Crippen molar-refractivity contribution in [2.24, 2.45) is 5.41 Å². The third-order valence-electron chi connectivity index (χ3n) is 5.62. The summed E-state index contributed by atoms with van der Waals surface area (Å²) in [6.07, 6.45) is 3.17. The molecule has 0 unspecified atom stereocenters. The molecule has 11 heteroatoms. The maximum atomic E-state index is 12.8. The van der Waals surface area contributed by atoms with E-state index < -0.39 is 5.57 Å². The summed E-state index contributed by atoms with van der Waals surface area (Å²) in [5.74, 6) is 0.292. The van der Waals surface area contributed by atoms with E-state index in [1.54, 1.807) is 12.3 Å². The van der Waals surface area contributed by atoms with Crippen LogP contribution in [-0.4, -0.2) is 52.8 Å². The third-order valence-corrected chi connectivity index (χ3v) is 5.69. The zero-order valence-corrected chi connectivity index (χ0v) is 17.5. The Morgan fingerprint density at radius 1 is 1.22 bits per heavy atom.